The second kappa shape index (κ2) is 8.01. The van der Waals surface area contributed by atoms with Crippen LogP contribution < -0.4 is 5.32 Å². The number of halogens is 1. The zero-order valence-corrected chi connectivity index (χ0v) is 14.7. The van der Waals surface area contributed by atoms with E-state index in [2.05, 4.69) is 10.3 Å². The fraction of sp³-hybridized carbons (Fsp3) is 0.353. The third kappa shape index (κ3) is 5.13. The van der Waals surface area contributed by atoms with Crippen LogP contribution in [0.1, 0.15) is 30.5 Å². The van der Waals surface area contributed by atoms with Gasteiger partial charge in [0, 0.05) is 24.0 Å². The summed E-state index contributed by atoms with van der Waals surface area (Å²) in [5.41, 5.74) is 1.08. The monoisotopic (exact) mass is 349 g/mol. The number of carbonyl (C=O) groups excluding carboxylic acids is 2. The second-order valence-electron chi connectivity index (χ2n) is 5.82. The van der Waals surface area contributed by atoms with E-state index in [0.29, 0.717) is 17.3 Å². The summed E-state index contributed by atoms with van der Waals surface area (Å²) in [6.07, 6.45) is 0.160. The molecule has 2 aromatic rings. The molecule has 0 fully saturated rings. The molecule has 0 saturated heterocycles. The van der Waals surface area contributed by atoms with Crippen molar-refractivity contribution in [2.45, 2.75) is 26.2 Å². The largest absolute Gasteiger partial charge is 0.336 e. The van der Waals surface area contributed by atoms with Gasteiger partial charge < -0.3 is 10.2 Å². The molecule has 1 heterocycles. The van der Waals surface area contributed by atoms with E-state index >= 15 is 0 Å². The average molecular weight is 349 g/mol. The second-order valence-corrected chi connectivity index (χ2v) is 6.71. The topological polar surface area (TPSA) is 62.3 Å². The minimum Gasteiger partial charge on any atom is -0.336 e. The molecule has 5 nitrogen and oxygen atoms in total. The molecule has 2 rings (SSSR count). The lowest BCUT2D eigenvalue weighted by molar-refractivity contribution is -0.132. The molecule has 1 N–H and O–H groups in total. The van der Waals surface area contributed by atoms with Crippen LogP contribution in [0.25, 0.3) is 0 Å². The Kier molecular flexibility index (Phi) is 6.03. The smallest absolute Gasteiger partial charge is 0.243 e. The third-order valence-electron chi connectivity index (χ3n) is 3.31. The molecule has 0 bridgehead atoms. The van der Waals surface area contributed by atoms with E-state index in [1.54, 1.807) is 13.1 Å². The predicted molar refractivity (Wildman–Crippen MR) is 92.6 cm³/mol. The quantitative estimate of drug-likeness (QED) is 0.872. The summed E-state index contributed by atoms with van der Waals surface area (Å²) >= 11 is 1.53. The van der Waals surface area contributed by atoms with E-state index in [1.165, 1.54) is 34.4 Å². The molecule has 2 amide bonds. The Morgan fingerprint density at radius 1 is 1.38 bits per heavy atom. The lowest BCUT2D eigenvalue weighted by Crippen LogP contribution is -2.35. The normalized spacial score (nSPS) is 10.7. The van der Waals surface area contributed by atoms with Gasteiger partial charge in [-0.1, -0.05) is 19.9 Å². The van der Waals surface area contributed by atoms with Gasteiger partial charge in [-0.2, -0.15) is 0 Å². The highest BCUT2D eigenvalue weighted by Gasteiger charge is 2.16. The molecule has 0 aliphatic carbocycles. The van der Waals surface area contributed by atoms with E-state index in [1.807, 2.05) is 19.2 Å². The number of likely N-dealkylation sites (N-methyl/N-ethyl adjacent to an activating group) is 1. The summed E-state index contributed by atoms with van der Waals surface area (Å²) in [7, 11) is 1.56. The first-order chi connectivity index (χ1) is 11.3. The molecule has 128 valence electrons. The van der Waals surface area contributed by atoms with Gasteiger partial charge in [0.2, 0.25) is 11.8 Å². The maximum absolute atomic E-state index is 13.1. The Bertz CT molecular complexity index is 730. The number of carbonyl (C=O) groups is 2. The van der Waals surface area contributed by atoms with Gasteiger partial charge in [-0.15, -0.1) is 11.3 Å². The van der Waals surface area contributed by atoms with E-state index < -0.39 is 5.82 Å². The van der Waals surface area contributed by atoms with Gasteiger partial charge in [-0.25, -0.2) is 9.37 Å². The summed E-state index contributed by atoms with van der Waals surface area (Å²) in [6, 6.07) is 5.62. The number of benzene rings is 1. The molecule has 0 aliphatic rings. The van der Waals surface area contributed by atoms with E-state index in [-0.39, 0.29) is 24.8 Å². The van der Waals surface area contributed by atoms with Crippen molar-refractivity contribution in [3.05, 3.63) is 46.2 Å². The van der Waals surface area contributed by atoms with Crippen LogP contribution in [0.5, 0.6) is 0 Å². The molecular weight excluding hydrogens is 329 g/mol. The van der Waals surface area contributed by atoms with E-state index in [0.717, 1.165) is 5.01 Å². The molecular formula is C17H20FN3O2S. The Morgan fingerprint density at radius 2 is 2.12 bits per heavy atom. The Hall–Kier alpha value is -2.28. The molecule has 1 aromatic carbocycles. The maximum Gasteiger partial charge on any atom is 0.243 e. The summed E-state index contributed by atoms with van der Waals surface area (Å²) in [5.74, 6) is -0.669. The third-order valence-corrected chi connectivity index (χ3v) is 4.50. The fourth-order valence-corrected chi connectivity index (χ4v) is 2.86. The molecule has 0 radical (unpaired) electrons. The summed E-state index contributed by atoms with van der Waals surface area (Å²) in [5, 5.41) is 5.42. The highest BCUT2D eigenvalue weighted by atomic mass is 32.1. The molecule has 0 unspecified atom stereocenters. The first-order valence-electron chi connectivity index (χ1n) is 7.59. The number of anilines is 1. The average Bonchev–Trinajstić information content (AvgIpc) is 2.95. The van der Waals surface area contributed by atoms with E-state index in [9.17, 15) is 14.0 Å². The van der Waals surface area contributed by atoms with Crippen LogP contribution in [0.15, 0.2) is 29.6 Å². The number of aromatic nitrogens is 1. The summed E-state index contributed by atoms with van der Waals surface area (Å²) in [6.45, 7) is 4.00. The van der Waals surface area contributed by atoms with Gasteiger partial charge >= 0.3 is 0 Å². The first kappa shape index (κ1) is 18.1. The van der Waals surface area contributed by atoms with Gasteiger partial charge in [-0.05, 0) is 18.2 Å². The summed E-state index contributed by atoms with van der Waals surface area (Å²) in [4.78, 5) is 29.9. The highest BCUT2D eigenvalue weighted by molar-refractivity contribution is 7.09. The van der Waals surface area contributed by atoms with Crippen molar-refractivity contribution in [2.24, 2.45) is 0 Å². The number of rotatable bonds is 6. The van der Waals surface area contributed by atoms with Crippen LogP contribution in [0.4, 0.5) is 10.1 Å². The van der Waals surface area contributed by atoms with Crippen LogP contribution in [0.2, 0.25) is 0 Å². The van der Waals surface area contributed by atoms with Gasteiger partial charge in [0.05, 0.1) is 23.7 Å². The number of hydrogen-bond acceptors (Lipinski definition) is 4. The number of amides is 2. The van der Waals surface area contributed by atoms with Crippen molar-refractivity contribution >= 4 is 28.8 Å². The fourth-order valence-electron chi connectivity index (χ4n) is 2.03. The molecule has 0 atom stereocenters. The number of nitrogens with one attached hydrogen (secondary N) is 1. The van der Waals surface area contributed by atoms with Crippen molar-refractivity contribution in [1.82, 2.24) is 9.88 Å². The number of hydrogen-bond donors (Lipinski definition) is 1. The van der Waals surface area contributed by atoms with E-state index in [4.69, 9.17) is 0 Å². The molecule has 0 aliphatic heterocycles. The van der Waals surface area contributed by atoms with Crippen LogP contribution in [0.3, 0.4) is 0 Å². The molecule has 24 heavy (non-hydrogen) atoms. The predicted octanol–water partition coefficient (Wildman–Crippen LogP) is 3.05. The number of thiazole rings is 1. The molecule has 0 spiro atoms. The van der Waals surface area contributed by atoms with Crippen molar-refractivity contribution in [3.8, 4) is 0 Å². The molecule has 7 heteroatoms. The summed E-state index contributed by atoms with van der Waals surface area (Å²) < 4.78 is 13.1. The van der Waals surface area contributed by atoms with Gasteiger partial charge in [0.1, 0.15) is 5.82 Å². The van der Waals surface area contributed by atoms with Crippen LogP contribution in [-0.2, 0) is 16.0 Å². The Labute approximate surface area is 144 Å². The minimum atomic E-state index is -0.429. The Balaban J connectivity index is 1.87. The van der Waals surface area contributed by atoms with Gasteiger partial charge in [0.25, 0.3) is 0 Å². The first-order valence-corrected chi connectivity index (χ1v) is 8.47. The minimum absolute atomic E-state index is 0.101. The lowest BCUT2D eigenvalue weighted by Gasteiger charge is -2.16. The number of nitrogens with zero attached hydrogens (tertiary/aromatic N) is 2. The molecule has 1 aromatic heterocycles. The van der Waals surface area contributed by atoms with Crippen molar-refractivity contribution in [3.63, 3.8) is 0 Å². The maximum atomic E-state index is 13.1. The molecule has 0 saturated carbocycles. The SMILES string of the molecule is CC(C)c1nc(CC(=O)N(C)CC(=O)Nc2cccc(F)c2)cs1. The lowest BCUT2D eigenvalue weighted by atomic mass is 10.2. The standard InChI is InChI=1S/C17H20FN3O2S/c1-11(2)17-20-14(10-24-17)8-16(23)21(3)9-15(22)19-13-6-4-5-12(18)7-13/h4-7,10-11H,8-9H2,1-3H3,(H,19,22). The van der Waals surface area contributed by atoms with Crippen LogP contribution in [-0.4, -0.2) is 35.3 Å². The van der Waals surface area contributed by atoms with Crippen molar-refractivity contribution in [1.29, 1.82) is 0 Å². The van der Waals surface area contributed by atoms with Crippen molar-refractivity contribution in [2.75, 3.05) is 18.9 Å². The van der Waals surface area contributed by atoms with Gasteiger partial charge in [-0.3, -0.25) is 9.59 Å². The Morgan fingerprint density at radius 3 is 2.75 bits per heavy atom. The zero-order chi connectivity index (χ0) is 17.7. The van der Waals surface area contributed by atoms with Crippen LogP contribution >= 0.6 is 11.3 Å². The van der Waals surface area contributed by atoms with Gasteiger partial charge in [0.15, 0.2) is 0 Å². The highest BCUT2D eigenvalue weighted by Crippen LogP contribution is 2.19. The van der Waals surface area contributed by atoms with Crippen molar-refractivity contribution < 1.29 is 14.0 Å². The zero-order valence-electron chi connectivity index (χ0n) is 13.9. The van der Waals surface area contributed by atoms with Crippen LogP contribution in [0, 0.1) is 5.82 Å².